The number of rotatable bonds is 6. The molecular weight excluding hydrogens is 298 g/mol. The Balaban J connectivity index is 1.42. The third-order valence-electron chi connectivity index (χ3n) is 5.43. The number of aryl methyl sites for hydroxylation is 1. The highest BCUT2D eigenvalue weighted by Gasteiger charge is 2.23. The Morgan fingerprint density at radius 2 is 2.04 bits per heavy atom. The topological polar surface area (TPSA) is 36.4 Å². The van der Waals surface area contributed by atoms with Crippen molar-refractivity contribution in [2.45, 2.75) is 51.9 Å². The highest BCUT2D eigenvalue weighted by Crippen LogP contribution is 2.21. The number of amides is 1. The van der Waals surface area contributed by atoms with Crippen LogP contribution in [0.5, 0.6) is 0 Å². The first-order valence-corrected chi connectivity index (χ1v) is 9.62. The number of aromatic nitrogens is 1. The number of carbonyl (C=O) groups excluding carboxylic acids is 1. The molecule has 2 saturated heterocycles. The predicted molar refractivity (Wildman–Crippen MR) is 96.9 cm³/mol. The van der Waals surface area contributed by atoms with Crippen molar-refractivity contribution >= 4 is 5.91 Å². The molecule has 1 unspecified atom stereocenters. The molecule has 3 rings (SSSR count). The monoisotopic (exact) mass is 329 g/mol. The van der Waals surface area contributed by atoms with E-state index in [0.717, 1.165) is 51.0 Å². The number of carbonyl (C=O) groups is 1. The molecule has 0 saturated carbocycles. The van der Waals surface area contributed by atoms with Gasteiger partial charge in [-0.3, -0.25) is 9.78 Å². The molecule has 0 spiro atoms. The molecule has 1 aromatic heterocycles. The van der Waals surface area contributed by atoms with Crippen LogP contribution in [0.4, 0.5) is 0 Å². The van der Waals surface area contributed by atoms with Crippen molar-refractivity contribution in [2.24, 2.45) is 5.92 Å². The summed E-state index contributed by atoms with van der Waals surface area (Å²) in [6.45, 7) is 7.45. The van der Waals surface area contributed by atoms with E-state index in [1.165, 1.54) is 37.9 Å². The van der Waals surface area contributed by atoms with E-state index < -0.39 is 0 Å². The van der Waals surface area contributed by atoms with Crippen molar-refractivity contribution in [3.63, 3.8) is 0 Å². The van der Waals surface area contributed by atoms with E-state index in [1.54, 1.807) is 0 Å². The summed E-state index contributed by atoms with van der Waals surface area (Å²) in [4.78, 5) is 21.5. The van der Waals surface area contributed by atoms with Crippen molar-refractivity contribution in [2.75, 3.05) is 32.7 Å². The van der Waals surface area contributed by atoms with E-state index in [2.05, 4.69) is 26.9 Å². The maximum Gasteiger partial charge on any atom is 0.222 e. The van der Waals surface area contributed by atoms with Gasteiger partial charge in [-0.05, 0) is 82.6 Å². The second-order valence-corrected chi connectivity index (χ2v) is 7.51. The molecule has 132 valence electrons. The van der Waals surface area contributed by atoms with Gasteiger partial charge in [-0.2, -0.15) is 0 Å². The van der Waals surface area contributed by atoms with Crippen LogP contribution in [0.25, 0.3) is 0 Å². The average Bonchev–Trinajstić information content (AvgIpc) is 3.10. The molecule has 4 nitrogen and oxygen atoms in total. The van der Waals surface area contributed by atoms with Crippen molar-refractivity contribution in [3.8, 4) is 0 Å². The van der Waals surface area contributed by atoms with Crippen LogP contribution in [0.1, 0.15) is 49.8 Å². The predicted octanol–water partition coefficient (Wildman–Crippen LogP) is 3.05. The van der Waals surface area contributed by atoms with Gasteiger partial charge in [0.15, 0.2) is 0 Å². The fraction of sp³-hybridized carbons (Fsp3) is 0.700. The van der Waals surface area contributed by atoms with E-state index in [-0.39, 0.29) is 0 Å². The summed E-state index contributed by atoms with van der Waals surface area (Å²) in [5, 5.41) is 0. The van der Waals surface area contributed by atoms with Crippen LogP contribution >= 0.6 is 0 Å². The van der Waals surface area contributed by atoms with Gasteiger partial charge in [0.05, 0.1) is 0 Å². The van der Waals surface area contributed by atoms with Crippen molar-refractivity contribution in [3.05, 3.63) is 29.6 Å². The molecule has 24 heavy (non-hydrogen) atoms. The standard InChI is InChI=1S/C20H31N3O/c1-17-8-9-18(15-21-17)14-19-6-4-13-23(16-19)20(24)7-5-12-22-10-2-3-11-22/h8-9,15,19H,2-7,10-14,16H2,1H3. The quantitative estimate of drug-likeness (QED) is 0.805. The number of pyridine rings is 1. The van der Waals surface area contributed by atoms with Crippen molar-refractivity contribution in [1.82, 2.24) is 14.8 Å². The molecule has 2 aliphatic heterocycles. The van der Waals surface area contributed by atoms with E-state index in [9.17, 15) is 4.79 Å². The van der Waals surface area contributed by atoms with Gasteiger partial charge in [0.1, 0.15) is 0 Å². The number of nitrogens with zero attached hydrogens (tertiary/aromatic N) is 3. The summed E-state index contributed by atoms with van der Waals surface area (Å²) < 4.78 is 0. The van der Waals surface area contributed by atoms with E-state index in [0.29, 0.717) is 11.8 Å². The van der Waals surface area contributed by atoms with Crippen LogP contribution in [0.15, 0.2) is 18.3 Å². The lowest BCUT2D eigenvalue weighted by Gasteiger charge is -2.33. The first-order valence-electron chi connectivity index (χ1n) is 9.62. The molecule has 0 N–H and O–H groups in total. The third-order valence-corrected chi connectivity index (χ3v) is 5.43. The summed E-state index contributed by atoms with van der Waals surface area (Å²) in [6.07, 6.45) is 9.80. The zero-order valence-corrected chi connectivity index (χ0v) is 15.0. The number of hydrogen-bond donors (Lipinski definition) is 0. The summed E-state index contributed by atoms with van der Waals surface area (Å²) in [5.41, 5.74) is 2.37. The second-order valence-electron chi connectivity index (χ2n) is 7.51. The molecule has 0 aliphatic carbocycles. The Morgan fingerprint density at radius 3 is 2.79 bits per heavy atom. The van der Waals surface area contributed by atoms with E-state index in [1.807, 2.05) is 13.1 Å². The van der Waals surface area contributed by atoms with Gasteiger partial charge in [-0.1, -0.05) is 6.07 Å². The van der Waals surface area contributed by atoms with Crippen LogP contribution in [0.2, 0.25) is 0 Å². The van der Waals surface area contributed by atoms with Crippen LogP contribution in [-0.4, -0.2) is 53.4 Å². The van der Waals surface area contributed by atoms with Gasteiger partial charge in [-0.15, -0.1) is 0 Å². The first kappa shape index (κ1) is 17.4. The smallest absolute Gasteiger partial charge is 0.222 e. The number of likely N-dealkylation sites (tertiary alicyclic amines) is 2. The minimum atomic E-state index is 0.362. The van der Waals surface area contributed by atoms with E-state index in [4.69, 9.17) is 0 Å². The number of hydrogen-bond acceptors (Lipinski definition) is 3. The molecule has 0 bridgehead atoms. The largest absolute Gasteiger partial charge is 0.342 e. The van der Waals surface area contributed by atoms with Gasteiger partial charge in [0.25, 0.3) is 0 Å². The minimum Gasteiger partial charge on any atom is -0.342 e. The maximum absolute atomic E-state index is 12.5. The van der Waals surface area contributed by atoms with Crippen LogP contribution in [0, 0.1) is 12.8 Å². The molecule has 0 aromatic carbocycles. The second kappa shape index (κ2) is 8.61. The zero-order valence-electron chi connectivity index (χ0n) is 15.0. The highest BCUT2D eigenvalue weighted by molar-refractivity contribution is 5.76. The lowest BCUT2D eigenvalue weighted by atomic mass is 9.91. The fourth-order valence-electron chi connectivity index (χ4n) is 4.03. The first-order chi connectivity index (χ1) is 11.7. The minimum absolute atomic E-state index is 0.362. The Labute approximate surface area is 146 Å². The normalized spacial score (nSPS) is 22.0. The summed E-state index contributed by atoms with van der Waals surface area (Å²) in [6, 6.07) is 4.26. The summed E-state index contributed by atoms with van der Waals surface area (Å²) >= 11 is 0. The van der Waals surface area contributed by atoms with Gasteiger partial charge in [0, 0.05) is 31.4 Å². The van der Waals surface area contributed by atoms with E-state index >= 15 is 0 Å². The van der Waals surface area contributed by atoms with Gasteiger partial charge >= 0.3 is 0 Å². The van der Waals surface area contributed by atoms with Crippen molar-refractivity contribution in [1.29, 1.82) is 0 Å². The summed E-state index contributed by atoms with van der Waals surface area (Å²) in [5.74, 6) is 0.951. The highest BCUT2D eigenvalue weighted by atomic mass is 16.2. The van der Waals surface area contributed by atoms with Crippen molar-refractivity contribution < 1.29 is 4.79 Å². The molecule has 0 radical (unpaired) electrons. The van der Waals surface area contributed by atoms with Crippen LogP contribution in [0.3, 0.4) is 0 Å². The molecule has 4 heteroatoms. The molecular formula is C20H31N3O. The fourth-order valence-corrected chi connectivity index (χ4v) is 4.03. The molecule has 3 heterocycles. The van der Waals surface area contributed by atoms with Crippen LogP contribution in [-0.2, 0) is 11.2 Å². The number of piperidine rings is 1. The Kier molecular flexibility index (Phi) is 6.24. The molecule has 1 atom stereocenters. The van der Waals surface area contributed by atoms with Gasteiger partial charge in [0.2, 0.25) is 5.91 Å². The SMILES string of the molecule is Cc1ccc(CC2CCCN(C(=O)CCCN3CCCC3)C2)cn1. The maximum atomic E-state index is 12.5. The lowest BCUT2D eigenvalue weighted by Crippen LogP contribution is -2.40. The zero-order chi connectivity index (χ0) is 16.8. The molecule has 2 fully saturated rings. The van der Waals surface area contributed by atoms with Crippen LogP contribution < -0.4 is 0 Å². The molecule has 2 aliphatic rings. The van der Waals surface area contributed by atoms with Gasteiger partial charge in [-0.25, -0.2) is 0 Å². The molecule has 1 aromatic rings. The third kappa shape index (κ3) is 5.04. The Morgan fingerprint density at radius 1 is 1.21 bits per heavy atom. The van der Waals surface area contributed by atoms with Gasteiger partial charge < -0.3 is 9.80 Å². The Bertz CT molecular complexity index is 522. The Hall–Kier alpha value is -1.42. The summed E-state index contributed by atoms with van der Waals surface area (Å²) in [7, 11) is 0. The average molecular weight is 329 g/mol. The lowest BCUT2D eigenvalue weighted by molar-refractivity contribution is -0.133. The molecule has 1 amide bonds.